The van der Waals surface area contributed by atoms with Gasteiger partial charge in [-0.05, 0) is 49.1 Å². The Morgan fingerprint density at radius 3 is 1.98 bits per heavy atom. The number of benzene rings is 2. The summed E-state index contributed by atoms with van der Waals surface area (Å²) in [7, 11) is 0. The van der Waals surface area contributed by atoms with E-state index in [1.54, 1.807) is 0 Å². The normalized spacial score (nSPS) is 19.4. The van der Waals surface area contributed by atoms with Gasteiger partial charge in [0, 0.05) is 24.1 Å². The molecule has 2 heterocycles. The van der Waals surface area contributed by atoms with Crippen LogP contribution in [0, 0.1) is 11.8 Å². The van der Waals surface area contributed by atoms with E-state index in [1.165, 1.54) is 107 Å². The van der Waals surface area contributed by atoms with Crippen LogP contribution in [0.5, 0.6) is 0 Å². The van der Waals surface area contributed by atoms with Crippen molar-refractivity contribution in [2.75, 3.05) is 4.90 Å². The van der Waals surface area contributed by atoms with Gasteiger partial charge in [0.05, 0.1) is 17.9 Å². The van der Waals surface area contributed by atoms with Crippen molar-refractivity contribution in [1.29, 1.82) is 0 Å². The molecule has 3 aromatic rings. The Hall–Kier alpha value is -2.95. The fourth-order valence-electron chi connectivity index (χ4n) is 7.41. The molecule has 2 saturated carbocycles. The summed E-state index contributed by atoms with van der Waals surface area (Å²) < 4.78 is 2.19. The van der Waals surface area contributed by atoms with Gasteiger partial charge in [0.15, 0.2) is 0 Å². The van der Waals surface area contributed by atoms with Crippen molar-refractivity contribution in [3.05, 3.63) is 54.1 Å². The van der Waals surface area contributed by atoms with Gasteiger partial charge in [-0.3, -0.25) is 4.79 Å². The van der Waals surface area contributed by atoms with Crippen molar-refractivity contribution < 1.29 is 4.79 Å². The number of anilines is 1. The lowest BCUT2D eigenvalue weighted by Gasteiger charge is -2.30. The molecule has 2 aromatic carbocycles. The molecule has 1 aliphatic heterocycles. The largest absolute Gasteiger partial charge is 0.307 e. The van der Waals surface area contributed by atoms with Crippen LogP contribution in [0.1, 0.15) is 108 Å². The first kappa shape index (κ1) is 27.2. The predicted molar refractivity (Wildman–Crippen MR) is 163 cm³/mol. The number of hydrogen-bond donors (Lipinski definition) is 0. The molecule has 40 heavy (non-hydrogen) atoms. The first-order chi connectivity index (χ1) is 19.8. The minimum absolute atomic E-state index is 0.245. The van der Waals surface area contributed by atoms with Gasteiger partial charge in [-0.1, -0.05) is 118 Å². The number of carbonyl (C=O) groups excluding carboxylic acids is 1. The van der Waals surface area contributed by atoms with Gasteiger partial charge < -0.3 is 4.90 Å². The molecule has 1 amide bonds. The maximum Gasteiger partial charge on any atom is 0.227 e. The van der Waals surface area contributed by atoms with Gasteiger partial charge in [0.25, 0.3) is 0 Å². The minimum Gasteiger partial charge on any atom is -0.307 e. The summed E-state index contributed by atoms with van der Waals surface area (Å²) in [6.07, 6.45) is 20.1. The maximum absolute atomic E-state index is 14.1. The van der Waals surface area contributed by atoms with Crippen molar-refractivity contribution in [1.82, 2.24) is 15.0 Å². The predicted octanol–water partition coefficient (Wildman–Crippen LogP) is 8.96. The molecular formula is C35H46N4O. The lowest BCUT2D eigenvalue weighted by atomic mass is 9.88. The van der Waals surface area contributed by atoms with Gasteiger partial charge in [0.1, 0.15) is 5.69 Å². The second kappa shape index (κ2) is 13.1. The number of nitrogens with zero attached hydrogens (tertiary/aromatic N) is 4. The summed E-state index contributed by atoms with van der Waals surface area (Å²) in [5.41, 5.74) is 6.39. The molecule has 0 radical (unpaired) electrons. The lowest BCUT2D eigenvalue weighted by Crippen LogP contribution is -2.33. The number of fused-ring (bicyclic) bond motifs is 5. The highest BCUT2D eigenvalue weighted by Gasteiger charge is 2.30. The molecular weight excluding hydrogens is 492 g/mol. The Morgan fingerprint density at radius 1 is 0.700 bits per heavy atom. The average Bonchev–Trinajstić information content (AvgIpc) is 3.41. The van der Waals surface area contributed by atoms with E-state index in [0.29, 0.717) is 24.8 Å². The summed E-state index contributed by atoms with van der Waals surface area (Å²) in [4.78, 5) is 16.1. The minimum atomic E-state index is 0.245. The third kappa shape index (κ3) is 6.19. The zero-order chi connectivity index (χ0) is 27.1. The summed E-state index contributed by atoms with van der Waals surface area (Å²) in [6.45, 7) is 1.51. The van der Waals surface area contributed by atoms with Crippen LogP contribution < -0.4 is 4.90 Å². The van der Waals surface area contributed by atoms with E-state index in [0.717, 1.165) is 29.2 Å². The number of para-hydroxylation sites is 1. The van der Waals surface area contributed by atoms with E-state index in [4.69, 9.17) is 10.3 Å². The lowest BCUT2D eigenvalue weighted by molar-refractivity contribution is -0.119. The quantitative estimate of drug-likeness (QED) is 0.333. The molecule has 0 N–H and O–H groups in total. The molecule has 0 saturated heterocycles. The zero-order valence-corrected chi connectivity index (χ0v) is 24.2. The van der Waals surface area contributed by atoms with Gasteiger partial charge in [0.2, 0.25) is 5.91 Å². The summed E-state index contributed by atoms with van der Waals surface area (Å²) in [5.74, 6) is 1.37. The average molecular weight is 539 g/mol. The van der Waals surface area contributed by atoms with Crippen LogP contribution in [0.25, 0.3) is 22.5 Å². The SMILES string of the molecule is O=C(CC1CCCCCCC1)N1Cc2ccccc2-c2c(nnn2CC2CCCCCCCC2)-c2ccccc21. The molecule has 0 bridgehead atoms. The van der Waals surface area contributed by atoms with E-state index in [-0.39, 0.29) is 5.91 Å². The van der Waals surface area contributed by atoms with Gasteiger partial charge in [-0.15, -0.1) is 5.10 Å². The van der Waals surface area contributed by atoms with E-state index < -0.39 is 0 Å². The van der Waals surface area contributed by atoms with Crippen LogP contribution in [0.3, 0.4) is 0 Å². The topological polar surface area (TPSA) is 51.0 Å². The second-order valence-corrected chi connectivity index (χ2v) is 12.6. The summed E-state index contributed by atoms with van der Waals surface area (Å²) in [6, 6.07) is 17.0. The first-order valence-electron chi connectivity index (χ1n) is 16.2. The standard InChI is InChI=1S/C35H46N4O/c40-33(24-27-16-8-6-3-7-9-17-27)38-26-29-20-12-13-21-30(29)35-34(31-22-14-15-23-32(31)38)36-37-39(35)25-28-18-10-4-1-2-5-11-19-28/h12-15,20-23,27-28H,1-11,16-19,24-26H2. The smallest absolute Gasteiger partial charge is 0.227 e. The highest BCUT2D eigenvalue weighted by atomic mass is 16.2. The number of rotatable bonds is 4. The molecule has 212 valence electrons. The molecule has 0 atom stereocenters. The van der Waals surface area contributed by atoms with E-state index in [2.05, 4.69) is 53.2 Å². The highest BCUT2D eigenvalue weighted by molar-refractivity contribution is 6.00. The van der Waals surface area contributed by atoms with Crippen molar-refractivity contribution in [2.45, 2.75) is 116 Å². The van der Waals surface area contributed by atoms with Crippen molar-refractivity contribution in [3.8, 4) is 22.5 Å². The summed E-state index contributed by atoms with van der Waals surface area (Å²) in [5, 5.41) is 9.63. The van der Waals surface area contributed by atoms with Crippen LogP contribution in [-0.2, 0) is 17.9 Å². The Morgan fingerprint density at radius 2 is 1.27 bits per heavy atom. The highest BCUT2D eigenvalue weighted by Crippen LogP contribution is 2.42. The Kier molecular flexibility index (Phi) is 8.95. The number of amides is 1. The maximum atomic E-state index is 14.1. The van der Waals surface area contributed by atoms with E-state index in [1.807, 2.05) is 4.90 Å². The number of aromatic nitrogens is 3. The summed E-state index contributed by atoms with van der Waals surface area (Å²) >= 11 is 0. The zero-order valence-electron chi connectivity index (χ0n) is 24.2. The Balaban J connectivity index is 1.35. The van der Waals surface area contributed by atoms with Crippen LogP contribution in [0.15, 0.2) is 48.5 Å². The van der Waals surface area contributed by atoms with Gasteiger partial charge in [-0.25, -0.2) is 4.68 Å². The fourth-order valence-corrected chi connectivity index (χ4v) is 7.41. The van der Waals surface area contributed by atoms with Gasteiger partial charge in [-0.2, -0.15) is 0 Å². The van der Waals surface area contributed by atoms with Crippen LogP contribution >= 0.6 is 0 Å². The Labute approximate surface area is 240 Å². The third-order valence-electron chi connectivity index (χ3n) is 9.68. The molecule has 0 unspecified atom stereocenters. The molecule has 0 spiro atoms. The molecule has 2 aliphatic carbocycles. The fraction of sp³-hybridized carbons (Fsp3) is 0.571. The molecule has 6 rings (SSSR count). The van der Waals surface area contributed by atoms with Gasteiger partial charge >= 0.3 is 0 Å². The molecule has 5 nitrogen and oxygen atoms in total. The van der Waals surface area contributed by atoms with Crippen LogP contribution in [0.2, 0.25) is 0 Å². The second-order valence-electron chi connectivity index (χ2n) is 12.6. The molecule has 3 aliphatic rings. The number of hydrogen-bond acceptors (Lipinski definition) is 3. The van der Waals surface area contributed by atoms with Crippen LogP contribution in [-0.4, -0.2) is 20.9 Å². The number of carbonyl (C=O) groups is 1. The van der Waals surface area contributed by atoms with E-state index in [9.17, 15) is 4.79 Å². The van der Waals surface area contributed by atoms with Crippen molar-refractivity contribution in [2.24, 2.45) is 11.8 Å². The molecule has 5 heteroatoms. The third-order valence-corrected chi connectivity index (χ3v) is 9.68. The van der Waals surface area contributed by atoms with E-state index >= 15 is 0 Å². The Bertz CT molecular complexity index is 1260. The first-order valence-corrected chi connectivity index (χ1v) is 16.2. The van der Waals surface area contributed by atoms with Crippen LogP contribution in [0.4, 0.5) is 5.69 Å². The monoisotopic (exact) mass is 538 g/mol. The van der Waals surface area contributed by atoms with Crippen molar-refractivity contribution >= 4 is 11.6 Å². The molecule has 1 aromatic heterocycles. The molecule has 2 fully saturated rings. The van der Waals surface area contributed by atoms with Crippen molar-refractivity contribution in [3.63, 3.8) is 0 Å².